The Kier molecular flexibility index (Phi) is 4.28. The first-order valence-electron chi connectivity index (χ1n) is 3.71. The van der Waals surface area contributed by atoms with Crippen LogP contribution in [-0.4, -0.2) is 17.5 Å². The van der Waals surface area contributed by atoms with Crippen molar-refractivity contribution in [1.29, 1.82) is 0 Å². The Bertz CT molecular complexity index is 110. The molecule has 0 radical (unpaired) electrons. The maximum absolute atomic E-state index is 10.8. The number of ketones is 1. The molecule has 2 atom stereocenters. The van der Waals surface area contributed by atoms with Crippen molar-refractivity contribution >= 4 is 5.78 Å². The van der Waals surface area contributed by atoms with Crippen LogP contribution in [0.25, 0.3) is 0 Å². The first kappa shape index (κ1) is 9.63. The molecule has 10 heavy (non-hydrogen) atoms. The first-order chi connectivity index (χ1) is 4.59. The third kappa shape index (κ3) is 2.97. The second kappa shape index (κ2) is 4.45. The molecule has 0 saturated heterocycles. The zero-order valence-corrected chi connectivity index (χ0v) is 6.92. The van der Waals surface area contributed by atoms with E-state index in [-0.39, 0.29) is 18.3 Å². The van der Waals surface area contributed by atoms with Crippen molar-refractivity contribution in [3.63, 3.8) is 0 Å². The molecule has 2 unspecified atom stereocenters. The van der Waals surface area contributed by atoms with Crippen molar-refractivity contribution in [2.45, 2.75) is 27.2 Å². The predicted molar refractivity (Wildman–Crippen MR) is 40.7 cm³/mol. The van der Waals surface area contributed by atoms with Gasteiger partial charge in [-0.05, 0) is 19.3 Å². The Hall–Kier alpha value is -0.370. The van der Waals surface area contributed by atoms with Crippen LogP contribution in [0.2, 0.25) is 0 Å². The summed E-state index contributed by atoms with van der Waals surface area (Å²) in [6, 6.07) is 0. The number of Topliss-reactive ketones (excluding diaryl/α,β-unsaturated/α-hetero) is 1. The number of aliphatic hydroxyl groups is 1. The van der Waals surface area contributed by atoms with Crippen LogP contribution >= 0.6 is 0 Å². The van der Waals surface area contributed by atoms with E-state index in [0.717, 1.165) is 6.42 Å². The van der Waals surface area contributed by atoms with Crippen LogP contribution < -0.4 is 0 Å². The largest absolute Gasteiger partial charge is 0.396 e. The van der Waals surface area contributed by atoms with Crippen LogP contribution in [-0.2, 0) is 4.79 Å². The van der Waals surface area contributed by atoms with Crippen molar-refractivity contribution in [3.8, 4) is 0 Å². The molecule has 0 amide bonds. The van der Waals surface area contributed by atoms with Gasteiger partial charge >= 0.3 is 0 Å². The summed E-state index contributed by atoms with van der Waals surface area (Å²) in [4.78, 5) is 10.8. The molecule has 0 aliphatic heterocycles. The van der Waals surface area contributed by atoms with E-state index in [1.54, 1.807) is 6.92 Å². The molecule has 0 heterocycles. The third-order valence-electron chi connectivity index (χ3n) is 2.08. The minimum absolute atomic E-state index is 0.0900. The molecule has 0 aromatic heterocycles. The van der Waals surface area contributed by atoms with Crippen LogP contribution in [0.4, 0.5) is 0 Å². The van der Waals surface area contributed by atoms with E-state index >= 15 is 0 Å². The zero-order valence-electron chi connectivity index (χ0n) is 6.92. The minimum Gasteiger partial charge on any atom is -0.396 e. The molecule has 0 rings (SSSR count). The Morgan fingerprint density at radius 3 is 2.30 bits per heavy atom. The number of rotatable bonds is 4. The van der Waals surface area contributed by atoms with Gasteiger partial charge in [0.2, 0.25) is 0 Å². The van der Waals surface area contributed by atoms with Gasteiger partial charge in [0.1, 0.15) is 5.78 Å². The lowest BCUT2D eigenvalue weighted by atomic mass is 9.90. The van der Waals surface area contributed by atoms with E-state index in [1.165, 1.54) is 0 Å². The second-order valence-electron chi connectivity index (χ2n) is 2.89. The average Bonchev–Trinajstić information content (AvgIpc) is 1.87. The Labute approximate surface area is 62.2 Å². The van der Waals surface area contributed by atoms with Gasteiger partial charge in [0, 0.05) is 12.5 Å². The molecule has 2 heteroatoms. The van der Waals surface area contributed by atoms with Gasteiger partial charge in [-0.3, -0.25) is 4.79 Å². The van der Waals surface area contributed by atoms with Gasteiger partial charge < -0.3 is 5.11 Å². The van der Waals surface area contributed by atoms with Crippen molar-refractivity contribution in [2.75, 3.05) is 6.61 Å². The fourth-order valence-corrected chi connectivity index (χ4v) is 0.854. The van der Waals surface area contributed by atoms with Crippen molar-refractivity contribution in [3.05, 3.63) is 0 Å². The summed E-state index contributed by atoms with van der Waals surface area (Å²) in [5.41, 5.74) is 0. The van der Waals surface area contributed by atoms with Gasteiger partial charge in [0.25, 0.3) is 0 Å². The van der Waals surface area contributed by atoms with Crippen molar-refractivity contribution < 1.29 is 9.90 Å². The summed E-state index contributed by atoms with van der Waals surface area (Å²) < 4.78 is 0. The van der Waals surface area contributed by atoms with E-state index in [4.69, 9.17) is 5.11 Å². The standard InChI is InChI=1S/C8H16O2/c1-6(4-5-9)7(2)8(3)10/h6-7,9H,4-5H2,1-3H3. The zero-order chi connectivity index (χ0) is 8.15. The van der Waals surface area contributed by atoms with E-state index in [9.17, 15) is 4.79 Å². The third-order valence-corrected chi connectivity index (χ3v) is 2.08. The molecule has 60 valence electrons. The number of hydrogen-bond donors (Lipinski definition) is 1. The van der Waals surface area contributed by atoms with Crippen LogP contribution in [0.3, 0.4) is 0 Å². The first-order valence-corrected chi connectivity index (χ1v) is 3.71. The predicted octanol–water partition coefficient (Wildman–Crippen LogP) is 1.23. The smallest absolute Gasteiger partial charge is 0.132 e. The lowest BCUT2D eigenvalue weighted by Crippen LogP contribution is -2.16. The summed E-state index contributed by atoms with van der Waals surface area (Å²) in [6.45, 7) is 5.67. The van der Waals surface area contributed by atoms with Crippen LogP contribution in [0, 0.1) is 11.8 Å². The Morgan fingerprint density at radius 1 is 1.50 bits per heavy atom. The van der Waals surface area contributed by atoms with Crippen LogP contribution in [0.1, 0.15) is 27.2 Å². The number of aliphatic hydroxyl groups excluding tert-OH is 1. The SMILES string of the molecule is CC(=O)C(C)C(C)CCO. The van der Waals surface area contributed by atoms with Gasteiger partial charge in [-0.25, -0.2) is 0 Å². The molecule has 0 fully saturated rings. The topological polar surface area (TPSA) is 37.3 Å². The molecular formula is C8H16O2. The number of hydrogen-bond acceptors (Lipinski definition) is 2. The summed E-state index contributed by atoms with van der Waals surface area (Å²) in [5.74, 6) is 0.607. The lowest BCUT2D eigenvalue weighted by molar-refractivity contribution is -0.121. The van der Waals surface area contributed by atoms with Gasteiger partial charge in [-0.15, -0.1) is 0 Å². The highest BCUT2D eigenvalue weighted by molar-refractivity contribution is 5.78. The molecule has 1 N–H and O–H groups in total. The van der Waals surface area contributed by atoms with Gasteiger partial charge in [-0.2, -0.15) is 0 Å². The van der Waals surface area contributed by atoms with Crippen LogP contribution in [0.15, 0.2) is 0 Å². The van der Waals surface area contributed by atoms with E-state index < -0.39 is 0 Å². The van der Waals surface area contributed by atoms with Crippen LogP contribution in [0.5, 0.6) is 0 Å². The normalized spacial score (nSPS) is 16.4. The molecule has 0 saturated carbocycles. The molecule has 0 spiro atoms. The Morgan fingerprint density at radius 2 is 2.00 bits per heavy atom. The average molecular weight is 144 g/mol. The fourth-order valence-electron chi connectivity index (χ4n) is 0.854. The summed E-state index contributed by atoms with van der Waals surface area (Å²) in [6.07, 6.45) is 0.723. The Balaban J connectivity index is 3.69. The minimum atomic E-state index is 0.0900. The molecule has 0 aromatic carbocycles. The lowest BCUT2D eigenvalue weighted by Gasteiger charge is -2.14. The number of carbonyl (C=O) groups is 1. The monoisotopic (exact) mass is 144 g/mol. The van der Waals surface area contributed by atoms with Crippen molar-refractivity contribution in [2.24, 2.45) is 11.8 Å². The molecule has 0 aromatic rings. The molecule has 0 aliphatic rings. The second-order valence-corrected chi connectivity index (χ2v) is 2.89. The van der Waals surface area contributed by atoms with Gasteiger partial charge in [0.15, 0.2) is 0 Å². The molecule has 0 aliphatic carbocycles. The highest BCUT2D eigenvalue weighted by atomic mass is 16.3. The van der Waals surface area contributed by atoms with E-state index in [2.05, 4.69) is 0 Å². The maximum atomic E-state index is 10.8. The summed E-state index contributed by atoms with van der Waals surface area (Å²) in [7, 11) is 0. The van der Waals surface area contributed by atoms with Gasteiger partial charge in [0.05, 0.1) is 0 Å². The molecule has 0 bridgehead atoms. The maximum Gasteiger partial charge on any atom is 0.132 e. The summed E-state index contributed by atoms with van der Waals surface area (Å²) in [5, 5.41) is 8.56. The van der Waals surface area contributed by atoms with E-state index in [1.807, 2.05) is 13.8 Å². The number of carbonyl (C=O) groups excluding carboxylic acids is 1. The summed E-state index contributed by atoms with van der Waals surface area (Å²) >= 11 is 0. The quantitative estimate of drug-likeness (QED) is 0.644. The molecule has 2 nitrogen and oxygen atoms in total. The highest BCUT2D eigenvalue weighted by Crippen LogP contribution is 2.14. The molecular weight excluding hydrogens is 128 g/mol. The van der Waals surface area contributed by atoms with Crippen molar-refractivity contribution in [1.82, 2.24) is 0 Å². The fraction of sp³-hybridized carbons (Fsp3) is 0.875. The highest BCUT2D eigenvalue weighted by Gasteiger charge is 2.15. The van der Waals surface area contributed by atoms with Gasteiger partial charge in [-0.1, -0.05) is 13.8 Å². The van der Waals surface area contributed by atoms with E-state index in [0.29, 0.717) is 5.92 Å².